The van der Waals surface area contributed by atoms with Crippen LogP contribution in [0, 0.1) is 11.8 Å². The number of para-hydroxylation sites is 1. The third kappa shape index (κ3) is 4.83. The van der Waals surface area contributed by atoms with E-state index < -0.39 is 0 Å². The normalized spacial score (nSPS) is 10.7. The van der Waals surface area contributed by atoms with Gasteiger partial charge in [-0.05, 0) is 40.5 Å². The Kier molecular flexibility index (Phi) is 6.49. The highest BCUT2D eigenvalue weighted by Gasteiger charge is 2.11. The maximum absolute atomic E-state index is 4.99. The summed E-state index contributed by atoms with van der Waals surface area (Å²) in [7, 11) is 0. The molecule has 0 radical (unpaired) electrons. The fourth-order valence-electron chi connectivity index (χ4n) is 4.63. The van der Waals surface area contributed by atoms with Gasteiger partial charge < -0.3 is 0 Å². The summed E-state index contributed by atoms with van der Waals surface area (Å²) in [4.78, 5) is 9.82. The Morgan fingerprint density at radius 2 is 1.03 bits per heavy atom. The SMILES string of the molecule is CCC#Cc1ccc(-c2ccc(-c3ccc(-c4nc(-c5ccccc5)nc5ccccc45)cc3)cc2)cc1. The van der Waals surface area contributed by atoms with Gasteiger partial charge in [-0.25, -0.2) is 9.97 Å². The molecule has 2 nitrogen and oxygen atoms in total. The number of hydrogen-bond acceptors (Lipinski definition) is 2. The molecule has 0 spiro atoms. The van der Waals surface area contributed by atoms with E-state index in [2.05, 4.69) is 116 Å². The summed E-state index contributed by atoms with van der Waals surface area (Å²) in [6.07, 6.45) is 0.870. The molecule has 1 heterocycles. The minimum Gasteiger partial charge on any atom is -0.228 e. The van der Waals surface area contributed by atoms with Crippen LogP contribution in [0.15, 0.2) is 127 Å². The van der Waals surface area contributed by atoms with Crippen molar-refractivity contribution in [3.05, 3.63) is 133 Å². The summed E-state index contributed by atoms with van der Waals surface area (Å²) in [5.41, 5.74) is 9.78. The summed E-state index contributed by atoms with van der Waals surface area (Å²) in [5, 5.41) is 1.05. The molecular weight excluding hydrogens is 460 g/mol. The van der Waals surface area contributed by atoms with Gasteiger partial charge in [0.1, 0.15) is 0 Å². The molecule has 0 aliphatic carbocycles. The standard InChI is InChI=1S/C36H26N2/c1-2-3-9-26-14-16-27(17-15-26)28-18-20-29(21-19-28)30-22-24-31(25-23-30)35-33-12-7-8-13-34(33)37-36(38-35)32-10-5-4-6-11-32/h4-8,10-25H,2H2,1H3. The molecule has 38 heavy (non-hydrogen) atoms. The number of benzene rings is 5. The Labute approximate surface area is 223 Å². The predicted octanol–water partition coefficient (Wildman–Crippen LogP) is 9.06. The summed E-state index contributed by atoms with van der Waals surface area (Å²) < 4.78 is 0. The van der Waals surface area contributed by atoms with Crippen molar-refractivity contribution in [3.8, 4) is 56.7 Å². The molecule has 0 N–H and O–H groups in total. The molecular formula is C36H26N2. The first-order chi connectivity index (χ1) is 18.8. The molecule has 0 atom stereocenters. The van der Waals surface area contributed by atoms with E-state index in [1.807, 2.05) is 30.3 Å². The van der Waals surface area contributed by atoms with E-state index in [-0.39, 0.29) is 0 Å². The second-order valence-electron chi connectivity index (χ2n) is 9.17. The van der Waals surface area contributed by atoms with Crippen LogP contribution in [-0.4, -0.2) is 9.97 Å². The minimum atomic E-state index is 0.740. The third-order valence-electron chi connectivity index (χ3n) is 6.64. The van der Waals surface area contributed by atoms with Gasteiger partial charge in [0.05, 0.1) is 11.2 Å². The summed E-state index contributed by atoms with van der Waals surface area (Å²) in [5.74, 6) is 7.05. The maximum atomic E-state index is 4.99. The van der Waals surface area contributed by atoms with Gasteiger partial charge in [0.2, 0.25) is 0 Å². The quantitative estimate of drug-likeness (QED) is 0.232. The van der Waals surface area contributed by atoms with Crippen molar-refractivity contribution < 1.29 is 0 Å². The summed E-state index contributed by atoms with van der Waals surface area (Å²) in [6.45, 7) is 2.07. The zero-order valence-corrected chi connectivity index (χ0v) is 21.2. The summed E-state index contributed by atoms with van der Waals surface area (Å²) in [6, 6.07) is 44.2. The largest absolute Gasteiger partial charge is 0.228 e. The lowest BCUT2D eigenvalue weighted by molar-refractivity contribution is 1.23. The Bertz CT molecular complexity index is 1760. The van der Waals surface area contributed by atoms with E-state index >= 15 is 0 Å². The highest BCUT2D eigenvalue weighted by Crippen LogP contribution is 2.31. The van der Waals surface area contributed by atoms with Crippen LogP contribution in [0.3, 0.4) is 0 Å². The van der Waals surface area contributed by atoms with E-state index in [1.165, 1.54) is 22.3 Å². The fraction of sp³-hybridized carbons (Fsp3) is 0.0556. The second kappa shape index (κ2) is 10.5. The topological polar surface area (TPSA) is 25.8 Å². The average molecular weight is 487 g/mol. The molecule has 0 aliphatic rings. The minimum absolute atomic E-state index is 0.740. The molecule has 0 aliphatic heterocycles. The fourth-order valence-corrected chi connectivity index (χ4v) is 4.63. The molecule has 2 heteroatoms. The maximum Gasteiger partial charge on any atom is 0.160 e. The Hall–Kier alpha value is -5.00. The second-order valence-corrected chi connectivity index (χ2v) is 9.17. The molecule has 0 saturated heterocycles. The lowest BCUT2D eigenvalue weighted by Crippen LogP contribution is -1.95. The van der Waals surface area contributed by atoms with Crippen molar-refractivity contribution in [1.82, 2.24) is 9.97 Å². The van der Waals surface area contributed by atoms with Crippen LogP contribution in [0.2, 0.25) is 0 Å². The summed E-state index contributed by atoms with van der Waals surface area (Å²) >= 11 is 0. The number of hydrogen-bond donors (Lipinski definition) is 0. The Morgan fingerprint density at radius 1 is 0.500 bits per heavy atom. The van der Waals surface area contributed by atoms with Crippen LogP contribution in [0.1, 0.15) is 18.9 Å². The molecule has 180 valence electrons. The first kappa shape index (κ1) is 23.4. The van der Waals surface area contributed by atoms with Crippen LogP contribution >= 0.6 is 0 Å². The van der Waals surface area contributed by atoms with Crippen molar-refractivity contribution in [2.45, 2.75) is 13.3 Å². The van der Waals surface area contributed by atoms with Gasteiger partial charge in [0.25, 0.3) is 0 Å². The third-order valence-corrected chi connectivity index (χ3v) is 6.64. The van der Waals surface area contributed by atoms with Crippen molar-refractivity contribution >= 4 is 10.9 Å². The molecule has 6 aromatic rings. The van der Waals surface area contributed by atoms with Crippen molar-refractivity contribution in [3.63, 3.8) is 0 Å². The molecule has 0 fully saturated rings. The molecule has 0 unspecified atom stereocenters. The van der Waals surface area contributed by atoms with Gasteiger partial charge in [-0.15, -0.1) is 0 Å². The molecule has 6 rings (SSSR count). The van der Waals surface area contributed by atoms with Crippen LogP contribution in [0.25, 0.3) is 55.8 Å². The van der Waals surface area contributed by atoms with Crippen LogP contribution in [0.4, 0.5) is 0 Å². The van der Waals surface area contributed by atoms with E-state index in [1.54, 1.807) is 0 Å². The van der Waals surface area contributed by atoms with Crippen LogP contribution < -0.4 is 0 Å². The zero-order chi connectivity index (χ0) is 25.7. The highest BCUT2D eigenvalue weighted by atomic mass is 14.9. The van der Waals surface area contributed by atoms with Gasteiger partial charge in [0.15, 0.2) is 5.82 Å². The number of aromatic nitrogens is 2. The molecule has 1 aromatic heterocycles. The Balaban J connectivity index is 1.30. The predicted molar refractivity (Wildman–Crippen MR) is 158 cm³/mol. The van der Waals surface area contributed by atoms with Gasteiger partial charge >= 0.3 is 0 Å². The van der Waals surface area contributed by atoms with Crippen LogP contribution in [-0.2, 0) is 0 Å². The van der Waals surface area contributed by atoms with Crippen LogP contribution in [0.5, 0.6) is 0 Å². The number of fused-ring (bicyclic) bond motifs is 1. The van der Waals surface area contributed by atoms with Gasteiger partial charge in [-0.3, -0.25) is 0 Å². The smallest absolute Gasteiger partial charge is 0.160 e. The van der Waals surface area contributed by atoms with E-state index in [0.29, 0.717) is 0 Å². The van der Waals surface area contributed by atoms with Gasteiger partial charge in [-0.2, -0.15) is 0 Å². The number of rotatable bonds is 4. The zero-order valence-electron chi connectivity index (χ0n) is 21.2. The van der Waals surface area contributed by atoms with Gasteiger partial charge in [0, 0.05) is 28.5 Å². The lowest BCUT2D eigenvalue weighted by Gasteiger charge is -2.10. The first-order valence-corrected chi connectivity index (χ1v) is 12.9. The van der Waals surface area contributed by atoms with Crippen molar-refractivity contribution in [2.24, 2.45) is 0 Å². The molecule has 0 saturated carbocycles. The van der Waals surface area contributed by atoms with Crippen molar-refractivity contribution in [1.29, 1.82) is 0 Å². The average Bonchev–Trinajstić information content (AvgIpc) is 3.00. The molecule has 5 aromatic carbocycles. The molecule has 0 amide bonds. The van der Waals surface area contributed by atoms with E-state index in [0.717, 1.165) is 45.5 Å². The first-order valence-electron chi connectivity index (χ1n) is 12.9. The van der Waals surface area contributed by atoms with E-state index in [9.17, 15) is 0 Å². The van der Waals surface area contributed by atoms with E-state index in [4.69, 9.17) is 9.97 Å². The lowest BCUT2D eigenvalue weighted by atomic mass is 9.98. The monoisotopic (exact) mass is 486 g/mol. The Morgan fingerprint density at radius 3 is 1.63 bits per heavy atom. The van der Waals surface area contributed by atoms with Crippen molar-refractivity contribution in [2.75, 3.05) is 0 Å². The molecule has 0 bridgehead atoms. The highest BCUT2D eigenvalue weighted by molar-refractivity contribution is 5.94. The number of nitrogens with zero attached hydrogens (tertiary/aromatic N) is 2. The van der Waals surface area contributed by atoms with Gasteiger partial charge in [-0.1, -0.05) is 128 Å².